The van der Waals surface area contributed by atoms with Crippen LogP contribution < -0.4 is 10.1 Å². The molecule has 1 aliphatic rings. The van der Waals surface area contributed by atoms with E-state index in [0.29, 0.717) is 5.75 Å². The zero-order chi connectivity index (χ0) is 17.1. The van der Waals surface area contributed by atoms with E-state index in [1.54, 1.807) is 12.1 Å². The number of anilines is 1. The van der Waals surface area contributed by atoms with Crippen molar-refractivity contribution in [3.8, 4) is 11.4 Å². The molecule has 0 bridgehead atoms. The number of nitrogens with zero attached hydrogens (tertiary/aromatic N) is 4. The predicted octanol–water partition coefficient (Wildman–Crippen LogP) is 2.17. The number of tetrazole rings is 1. The topological polar surface area (TPSA) is 81.9 Å². The Hall–Kier alpha value is -3.22. The number of rotatable bonds is 5. The molecule has 0 radical (unpaired) electrons. The summed E-state index contributed by atoms with van der Waals surface area (Å²) in [6.45, 7) is -0.0594. The summed E-state index contributed by atoms with van der Waals surface area (Å²) >= 11 is 0. The highest BCUT2D eigenvalue weighted by Gasteiger charge is 2.12. The first-order valence-electron chi connectivity index (χ1n) is 8.16. The van der Waals surface area contributed by atoms with E-state index in [1.165, 1.54) is 28.6 Å². The van der Waals surface area contributed by atoms with Crippen LogP contribution in [0.15, 0.2) is 48.8 Å². The summed E-state index contributed by atoms with van der Waals surface area (Å²) in [5, 5.41) is 13.9. The van der Waals surface area contributed by atoms with Crippen LogP contribution in [0, 0.1) is 0 Å². The summed E-state index contributed by atoms with van der Waals surface area (Å²) < 4.78 is 7.10. The Labute approximate surface area is 144 Å². The maximum absolute atomic E-state index is 12.1. The van der Waals surface area contributed by atoms with Crippen LogP contribution in [0.3, 0.4) is 0 Å². The molecular formula is C18H17N5O2. The van der Waals surface area contributed by atoms with Gasteiger partial charge in [-0.2, -0.15) is 0 Å². The first-order valence-corrected chi connectivity index (χ1v) is 8.16. The summed E-state index contributed by atoms with van der Waals surface area (Å²) in [7, 11) is 0. The Balaban J connectivity index is 1.37. The van der Waals surface area contributed by atoms with Crippen molar-refractivity contribution < 1.29 is 9.53 Å². The monoisotopic (exact) mass is 335 g/mol. The number of aromatic nitrogens is 4. The highest BCUT2D eigenvalue weighted by molar-refractivity contribution is 5.92. The van der Waals surface area contributed by atoms with E-state index in [9.17, 15) is 4.79 Å². The van der Waals surface area contributed by atoms with Gasteiger partial charge in [-0.3, -0.25) is 4.79 Å². The Bertz CT molecular complexity index is 892. The molecule has 4 rings (SSSR count). The molecule has 0 spiro atoms. The number of fused-ring (bicyclic) bond motifs is 1. The van der Waals surface area contributed by atoms with Gasteiger partial charge in [0.1, 0.15) is 12.1 Å². The lowest BCUT2D eigenvalue weighted by Gasteiger charge is -2.09. The third kappa shape index (κ3) is 3.50. The standard InChI is InChI=1S/C18H17N5O2/c24-18(20-15-8-7-13-3-1-4-14(13)9-15)11-25-17-6-2-5-16(10-17)23-12-19-21-22-23/h2,5-10,12H,1,3-4,11H2,(H,20,24). The molecule has 1 N–H and O–H groups in total. The molecule has 0 unspecified atom stereocenters. The van der Waals surface area contributed by atoms with Gasteiger partial charge in [-0.15, -0.1) is 5.10 Å². The van der Waals surface area contributed by atoms with Crippen LogP contribution in [-0.4, -0.2) is 32.7 Å². The molecule has 1 aromatic heterocycles. The van der Waals surface area contributed by atoms with Crippen LogP contribution in [0.2, 0.25) is 0 Å². The van der Waals surface area contributed by atoms with Crippen LogP contribution >= 0.6 is 0 Å². The summed E-state index contributed by atoms with van der Waals surface area (Å²) in [6.07, 6.45) is 4.90. The molecule has 7 heteroatoms. The molecule has 0 aliphatic heterocycles. The molecular weight excluding hydrogens is 318 g/mol. The number of carbonyl (C=O) groups is 1. The SMILES string of the molecule is O=C(COc1cccc(-n2cnnn2)c1)Nc1ccc2c(c1)CCC2. The van der Waals surface area contributed by atoms with Crippen molar-refractivity contribution in [3.05, 3.63) is 59.9 Å². The number of benzene rings is 2. The van der Waals surface area contributed by atoms with Crippen molar-refractivity contribution in [2.75, 3.05) is 11.9 Å². The maximum atomic E-state index is 12.1. The van der Waals surface area contributed by atoms with Gasteiger partial charge in [0.05, 0.1) is 5.69 Å². The van der Waals surface area contributed by atoms with E-state index in [2.05, 4.69) is 33.0 Å². The number of hydrogen-bond donors (Lipinski definition) is 1. The average Bonchev–Trinajstić information content (AvgIpc) is 3.31. The van der Waals surface area contributed by atoms with Gasteiger partial charge in [-0.05, 0) is 65.1 Å². The molecule has 1 heterocycles. The Morgan fingerprint density at radius 2 is 2.08 bits per heavy atom. The van der Waals surface area contributed by atoms with E-state index in [0.717, 1.165) is 24.2 Å². The third-order valence-corrected chi connectivity index (χ3v) is 4.18. The third-order valence-electron chi connectivity index (χ3n) is 4.18. The van der Waals surface area contributed by atoms with Gasteiger partial charge in [0, 0.05) is 11.8 Å². The minimum absolute atomic E-state index is 0.0594. The average molecular weight is 335 g/mol. The van der Waals surface area contributed by atoms with Crippen LogP contribution in [0.5, 0.6) is 5.75 Å². The van der Waals surface area contributed by atoms with Crippen LogP contribution in [-0.2, 0) is 17.6 Å². The number of amides is 1. The fourth-order valence-corrected chi connectivity index (χ4v) is 2.99. The number of aryl methyl sites for hydroxylation is 2. The fourth-order valence-electron chi connectivity index (χ4n) is 2.99. The Morgan fingerprint density at radius 3 is 2.96 bits per heavy atom. The number of hydrogen-bond acceptors (Lipinski definition) is 5. The number of ether oxygens (including phenoxy) is 1. The zero-order valence-corrected chi connectivity index (χ0v) is 13.6. The summed E-state index contributed by atoms with van der Waals surface area (Å²) in [5.41, 5.74) is 4.29. The highest BCUT2D eigenvalue weighted by Crippen LogP contribution is 2.24. The van der Waals surface area contributed by atoms with Crippen molar-refractivity contribution >= 4 is 11.6 Å². The van der Waals surface area contributed by atoms with Gasteiger partial charge in [0.2, 0.25) is 0 Å². The quantitative estimate of drug-likeness (QED) is 0.773. The van der Waals surface area contributed by atoms with E-state index in [-0.39, 0.29) is 12.5 Å². The van der Waals surface area contributed by atoms with Gasteiger partial charge in [-0.1, -0.05) is 12.1 Å². The van der Waals surface area contributed by atoms with Crippen molar-refractivity contribution in [3.63, 3.8) is 0 Å². The molecule has 0 saturated heterocycles. The normalized spacial score (nSPS) is 12.6. The minimum atomic E-state index is -0.189. The van der Waals surface area contributed by atoms with Gasteiger partial charge in [-0.25, -0.2) is 4.68 Å². The molecule has 7 nitrogen and oxygen atoms in total. The summed E-state index contributed by atoms with van der Waals surface area (Å²) in [6, 6.07) is 13.3. The number of carbonyl (C=O) groups excluding carboxylic acids is 1. The molecule has 1 aliphatic carbocycles. The molecule has 2 aromatic carbocycles. The van der Waals surface area contributed by atoms with E-state index >= 15 is 0 Å². The Morgan fingerprint density at radius 1 is 1.16 bits per heavy atom. The summed E-state index contributed by atoms with van der Waals surface area (Å²) in [5.74, 6) is 0.392. The molecule has 25 heavy (non-hydrogen) atoms. The molecule has 0 saturated carbocycles. The molecule has 3 aromatic rings. The van der Waals surface area contributed by atoms with E-state index in [4.69, 9.17) is 4.74 Å². The minimum Gasteiger partial charge on any atom is -0.484 e. The lowest BCUT2D eigenvalue weighted by Crippen LogP contribution is -2.20. The second-order valence-electron chi connectivity index (χ2n) is 5.93. The fraction of sp³-hybridized carbons (Fsp3) is 0.222. The van der Waals surface area contributed by atoms with Gasteiger partial charge in [0.25, 0.3) is 5.91 Å². The maximum Gasteiger partial charge on any atom is 0.262 e. The van der Waals surface area contributed by atoms with Crippen molar-refractivity contribution in [1.82, 2.24) is 20.2 Å². The zero-order valence-electron chi connectivity index (χ0n) is 13.6. The lowest BCUT2D eigenvalue weighted by molar-refractivity contribution is -0.118. The van der Waals surface area contributed by atoms with Crippen LogP contribution in [0.1, 0.15) is 17.5 Å². The molecule has 0 atom stereocenters. The largest absolute Gasteiger partial charge is 0.484 e. The summed E-state index contributed by atoms with van der Waals surface area (Å²) in [4.78, 5) is 12.1. The van der Waals surface area contributed by atoms with Gasteiger partial charge >= 0.3 is 0 Å². The van der Waals surface area contributed by atoms with Crippen LogP contribution in [0.4, 0.5) is 5.69 Å². The second-order valence-corrected chi connectivity index (χ2v) is 5.93. The molecule has 0 fully saturated rings. The van der Waals surface area contributed by atoms with Crippen molar-refractivity contribution in [2.45, 2.75) is 19.3 Å². The van der Waals surface area contributed by atoms with Crippen molar-refractivity contribution in [2.24, 2.45) is 0 Å². The number of nitrogens with one attached hydrogen (secondary N) is 1. The van der Waals surface area contributed by atoms with Gasteiger partial charge < -0.3 is 10.1 Å². The van der Waals surface area contributed by atoms with Gasteiger partial charge in [0.15, 0.2) is 6.61 Å². The molecule has 126 valence electrons. The first-order chi connectivity index (χ1) is 12.3. The van der Waals surface area contributed by atoms with Crippen LogP contribution in [0.25, 0.3) is 5.69 Å². The second kappa shape index (κ2) is 6.72. The predicted molar refractivity (Wildman–Crippen MR) is 91.7 cm³/mol. The smallest absolute Gasteiger partial charge is 0.262 e. The van der Waals surface area contributed by atoms with E-state index in [1.807, 2.05) is 18.2 Å². The first kappa shape index (κ1) is 15.3. The highest BCUT2D eigenvalue weighted by atomic mass is 16.5. The molecule has 1 amide bonds. The van der Waals surface area contributed by atoms with E-state index < -0.39 is 0 Å². The lowest BCUT2D eigenvalue weighted by atomic mass is 10.1. The van der Waals surface area contributed by atoms with Crippen molar-refractivity contribution in [1.29, 1.82) is 0 Å². The Kier molecular flexibility index (Phi) is 4.12.